The number of likely N-dealkylation sites (tertiary alicyclic amines) is 1. The van der Waals surface area contributed by atoms with Crippen molar-refractivity contribution in [3.63, 3.8) is 0 Å². The van der Waals surface area contributed by atoms with E-state index < -0.39 is 0 Å². The Bertz CT molecular complexity index is 449. The molecule has 0 bridgehead atoms. The molecule has 2 unspecified atom stereocenters. The number of halogens is 1. The van der Waals surface area contributed by atoms with E-state index >= 15 is 0 Å². The van der Waals surface area contributed by atoms with E-state index in [1.54, 1.807) is 0 Å². The first-order valence-corrected chi connectivity index (χ1v) is 8.20. The van der Waals surface area contributed by atoms with Crippen molar-refractivity contribution in [3.8, 4) is 0 Å². The fraction of sp³-hybridized carbons (Fsp3) is 0.625. The van der Waals surface area contributed by atoms with E-state index in [1.807, 2.05) is 7.05 Å². The monoisotopic (exact) mass is 339 g/mol. The van der Waals surface area contributed by atoms with Gasteiger partial charge in [-0.25, -0.2) is 0 Å². The zero-order chi connectivity index (χ0) is 14.7. The zero-order valence-corrected chi connectivity index (χ0v) is 14.6. The predicted octanol–water partition coefficient (Wildman–Crippen LogP) is 3.26. The number of hydrogen-bond acceptors (Lipinski definition) is 3. The number of likely N-dealkylation sites (N-methyl/N-ethyl adjacent to an activating group) is 2. The molecule has 1 aromatic carbocycles. The first-order valence-electron chi connectivity index (χ1n) is 7.41. The van der Waals surface area contributed by atoms with Crippen LogP contribution in [0.2, 0.25) is 0 Å². The van der Waals surface area contributed by atoms with Crippen LogP contribution in [0.5, 0.6) is 0 Å². The average molecular weight is 340 g/mol. The quantitative estimate of drug-likeness (QED) is 0.888. The van der Waals surface area contributed by atoms with Crippen LogP contribution in [-0.2, 0) is 0 Å². The van der Waals surface area contributed by atoms with Crippen molar-refractivity contribution in [2.75, 3.05) is 39.1 Å². The van der Waals surface area contributed by atoms with Crippen LogP contribution in [0.3, 0.4) is 0 Å². The largest absolute Gasteiger partial charge is 0.373 e. The molecule has 0 aliphatic carbocycles. The molecular weight excluding hydrogens is 314 g/mol. The molecule has 0 radical (unpaired) electrons. The lowest BCUT2D eigenvalue weighted by Crippen LogP contribution is -2.36. The van der Waals surface area contributed by atoms with Gasteiger partial charge in [0.05, 0.1) is 0 Å². The van der Waals surface area contributed by atoms with Gasteiger partial charge >= 0.3 is 0 Å². The van der Waals surface area contributed by atoms with Gasteiger partial charge < -0.3 is 15.1 Å². The second-order valence-electron chi connectivity index (χ2n) is 5.87. The Labute approximate surface area is 131 Å². The summed E-state index contributed by atoms with van der Waals surface area (Å²) < 4.78 is 1.18. The van der Waals surface area contributed by atoms with Gasteiger partial charge in [0.2, 0.25) is 0 Å². The maximum Gasteiger partial charge on any atom is 0.0375 e. The number of anilines is 1. The number of nitrogens with zero attached hydrogens (tertiary/aromatic N) is 2. The molecule has 20 heavy (non-hydrogen) atoms. The van der Waals surface area contributed by atoms with Gasteiger partial charge in [-0.05, 0) is 58.1 Å². The van der Waals surface area contributed by atoms with Crippen LogP contribution in [0.4, 0.5) is 5.69 Å². The van der Waals surface area contributed by atoms with E-state index in [0.717, 1.165) is 6.54 Å². The summed E-state index contributed by atoms with van der Waals surface area (Å²) in [7, 11) is 6.42. The van der Waals surface area contributed by atoms with Crippen molar-refractivity contribution >= 4 is 21.6 Å². The highest BCUT2D eigenvalue weighted by molar-refractivity contribution is 9.10. The number of rotatable bonds is 5. The lowest BCUT2D eigenvalue weighted by Gasteiger charge is -2.28. The zero-order valence-electron chi connectivity index (χ0n) is 13.0. The molecule has 1 fully saturated rings. The molecule has 1 heterocycles. The molecule has 0 aromatic heterocycles. The third-order valence-corrected chi connectivity index (χ3v) is 5.17. The fourth-order valence-electron chi connectivity index (χ4n) is 2.89. The Kier molecular flexibility index (Phi) is 5.47. The van der Waals surface area contributed by atoms with Gasteiger partial charge in [0.1, 0.15) is 0 Å². The Hall–Kier alpha value is -0.580. The molecule has 0 spiro atoms. The first kappa shape index (κ1) is 15.8. The topological polar surface area (TPSA) is 18.5 Å². The molecule has 1 saturated heterocycles. The van der Waals surface area contributed by atoms with E-state index in [-0.39, 0.29) is 0 Å². The van der Waals surface area contributed by atoms with E-state index in [2.05, 4.69) is 70.3 Å². The molecule has 0 saturated carbocycles. The molecule has 2 rings (SSSR count). The van der Waals surface area contributed by atoms with Crippen LogP contribution in [0.25, 0.3) is 0 Å². The minimum atomic E-state index is 0.365. The molecule has 1 N–H and O–H groups in total. The highest BCUT2D eigenvalue weighted by Gasteiger charge is 2.22. The highest BCUT2D eigenvalue weighted by atomic mass is 79.9. The van der Waals surface area contributed by atoms with Crippen molar-refractivity contribution < 1.29 is 0 Å². The van der Waals surface area contributed by atoms with E-state index in [0.29, 0.717) is 12.1 Å². The molecule has 112 valence electrons. The van der Waals surface area contributed by atoms with Crippen LogP contribution in [0.15, 0.2) is 22.7 Å². The lowest BCUT2D eigenvalue weighted by atomic mass is 10.1. The number of benzene rings is 1. The van der Waals surface area contributed by atoms with E-state index in [4.69, 9.17) is 0 Å². The molecular formula is C16H26BrN3. The minimum absolute atomic E-state index is 0.365. The summed E-state index contributed by atoms with van der Waals surface area (Å²) in [5, 5.41) is 3.29. The third-order valence-electron chi connectivity index (χ3n) is 4.48. The van der Waals surface area contributed by atoms with Crippen LogP contribution in [0.1, 0.15) is 31.4 Å². The van der Waals surface area contributed by atoms with Gasteiger partial charge in [-0.1, -0.05) is 22.0 Å². The van der Waals surface area contributed by atoms with E-state index in [9.17, 15) is 0 Å². The van der Waals surface area contributed by atoms with Crippen molar-refractivity contribution in [2.24, 2.45) is 0 Å². The summed E-state index contributed by atoms with van der Waals surface area (Å²) >= 11 is 3.70. The predicted molar refractivity (Wildman–Crippen MR) is 90.5 cm³/mol. The molecule has 1 aliphatic heterocycles. The molecule has 1 aliphatic rings. The maximum atomic E-state index is 3.70. The number of nitrogens with one attached hydrogen (secondary N) is 1. The van der Waals surface area contributed by atoms with E-state index in [1.165, 1.54) is 35.1 Å². The van der Waals surface area contributed by atoms with Crippen LogP contribution in [-0.4, -0.2) is 45.2 Å². The van der Waals surface area contributed by atoms with Gasteiger partial charge in [0.25, 0.3) is 0 Å². The Morgan fingerprint density at radius 2 is 2.25 bits per heavy atom. The highest BCUT2D eigenvalue weighted by Crippen LogP contribution is 2.28. The second-order valence-corrected chi connectivity index (χ2v) is 6.73. The van der Waals surface area contributed by atoms with Crippen LogP contribution in [0, 0.1) is 0 Å². The summed E-state index contributed by atoms with van der Waals surface area (Å²) in [6.45, 7) is 4.52. The number of hydrogen-bond donors (Lipinski definition) is 1. The molecule has 3 nitrogen and oxygen atoms in total. The lowest BCUT2D eigenvalue weighted by molar-refractivity contribution is 0.314. The normalized spacial score (nSPS) is 21.1. The maximum absolute atomic E-state index is 3.70. The SMILES string of the molecule is CNC(C)c1ccc(N(C)CC2CCCN2C)cc1Br. The first-order chi connectivity index (χ1) is 9.52. The Balaban J connectivity index is 2.06. The van der Waals surface area contributed by atoms with Gasteiger partial charge in [0.15, 0.2) is 0 Å². The summed E-state index contributed by atoms with van der Waals surface area (Å²) in [4.78, 5) is 4.84. The van der Waals surface area contributed by atoms with Crippen molar-refractivity contribution in [1.29, 1.82) is 0 Å². The van der Waals surface area contributed by atoms with Gasteiger partial charge in [-0.15, -0.1) is 0 Å². The summed E-state index contributed by atoms with van der Waals surface area (Å²) in [5.41, 5.74) is 2.59. The summed E-state index contributed by atoms with van der Waals surface area (Å²) in [6, 6.07) is 7.73. The summed E-state index contributed by atoms with van der Waals surface area (Å²) in [6.07, 6.45) is 2.65. The van der Waals surface area contributed by atoms with Crippen LogP contribution >= 0.6 is 15.9 Å². The smallest absolute Gasteiger partial charge is 0.0375 e. The standard InChI is InChI=1S/C16H26BrN3/c1-12(18-2)15-8-7-13(10-16(15)17)20(4)11-14-6-5-9-19(14)3/h7-8,10,12,14,18H,5-6,9,11H2,1-4H3. The fourth-order valence-corrected chi connectivity index (χ4v) is 3.60. The van der Waals surface area contributed by atoms with Crippen molar-refractivity contribution in [2.45, 2.75) is 31.8 Å². The second kappa shape index (κ2) is 6.92. The molecule has 1 aromatic rings. The van der Waals surface area contributed by atoms with Crippen LogP contribution < -0.4 is 10.2 Å². The molecule has 0 amide bonds. The Morgan fingerprint density at radius 1 is 1.50 bits per heavy atom. The summed E-state index contributed by atoms with van der Waals surface area (Å²) in [5.74, 6) is 0. The van der Waals surface area contributed by atoms with Gasteiger partial charge in [0, 0.05) is 35.8 Å². The minimum Gasteiger partial charge on any atom is -0.373 e. The third kappa shape index (κ3) is 3.54. The Morgan fingerprint density at radius 3 is 2.80 bits per heavy atom. The van der Waals surface area contributed by atoms with Crippen molar-refractivity contribution in [1.82, 2.24) is 10.2 Å². The van der Waals surface area contributed by atoms with Gasteiger partial charge in [-0.2, -0.15) is 0 Å². The molecule has 4 heteroatoms. The van der Waals surface area contributed by atoms with Crippen molar-refractivity contribution in [3.05, 3.63) is 28.2 Å². The average Bonchev–Trinajstić information content (AvgIpc) is 2.83. The molecule has 2 atom stereocenters. The van der Waals surface area contributed by atoms with Gasteiger partial charge in [-0.3, -0.25) is 0 Å².